The number of benzene rings is 1. The van der Waals surface area contributed by atoms with Gasteiger partial charge in [0.15, 0.2) is 6.29 Å². The molecule has 2 unspecified atom stereocenters. The average Bonchev–Trinajstić information content (AvgIpc) is 3.11. The highest BCUT2D eigenvalue weighted by atomic mass is 35.5. The maximum atomic E-state index is 12.7. The normalized spacial score (nSPS) is 23.9. The fraction of sp³-hybridized carbons (Fsp3) is 0.588. The number of rotatable bonds is 4. The van der Waals surface area contributed by atoms with E-state index in [0.717, 1.165) is 30.8 Å². The predicted molar refractivity (Wildman–Crippen MR) is 91.8 cm³/mol. The summed E-state index contributed by atoms with van der Waals surface area (Å²) in [5.74, 6) is 0.482. The minimum absolute atomic E-state index is 0.111. The molecule has 2 fully saturated rings. The van der Waals surface area contributed by atoms with E-state index in [9.17, 15) is 4.79 Å². The van der Waals surface area contributed by atoms with Crippen LogP contribution in [0.2, 0.25) is 5.02 Å². The molecule has 0 bridgehead atoms. The van der Waals surface area contributed by atoms with Gasteiger partial charge in [0, 0.05) is 28.9 Å². The highest BCUT2D eigenvalue weighted by Gasteiger charge is 2.34. The number of carbonyl (C=O) groups excluding carboxylic acids is 1. The fourth-order valence-corrected chi connectivity index (χ4v) is 4.18. The quantitative estimate of drug-likeness (QED) is 0.776. The Morgan fingerprint density at radius 3 is 2.70 bits per heavy atom. The van der Waals surface area contributed by atoms with Crippen LogP contribution in [-0.2, 0) is 14.3 Å². The lowest BCUT2D eigenvalue weighted by atomic mass is 9.97. The van der Waals surface area contributed by atoms with Crippen LogP contribution >= 0.6 is 23.4 Å². The van der Waals surface area contributed by atoms with Crippen molar-refractivity contribution in [1.82, 2.24) is 4.90 Å². The zero-order valence-electron chi connectivity index (χ0n) is 13.2. The molecular weight excluding hydrogens is 334 g/mol. The summed E-state index contributed by atoms with van der Waals surface area (Å²) in [6, 6.07) is 7.62. The van der Waals surface area contributed by atoms with Crippen LogP contribution in [0.4, 0.5) is 0 Å². The van der Waals surface area contributed by atoms with Crippen molar-refractivity contribution in [2.75, 3.05) is 26.3 Å². The third-order valence-corrected chi connectivity index (χ3v) is 5.63. The minimum atomic E-state index is -0.134. The molecule has 0 aliphatic carbocycles. The Balaban J connectivity index is 1.56. The summed E-state index contributed by atoms with van der Waals surface area (Å²) >= 11 is 7.48. The topological polar surface area (TPSA) is 38.8 Å². The first-order valence-corrected chi connectivity index (χ1v) is 9.33. The van der Waals surface area contributed by atoms with Crippen LogP contribution in [0.3, 0.4) is 0 Å². The van der Waals surface area contributed by atoms with Crippen molar-refractivity contribution >= 4 is 29.3 Å². The van der Waals surface area contributed by atoms with E-state index < -0.39 is 0 Å². The molecule has 0 saturated carbocycles. The highest BCUT2D eigenvalue weighted by molar-refractivity contribution is 8.00. The van der Waals surface area contributed by atoms with Crippen molar-refractivity contribution in [1.29, 1.82) is 0 Å². The number of ether oxygens (including phenoxy) is 2. The summed E-state index contributed by atoms with van der Waals surface area (Å²) in [6.45, 7) is 4.85. The lowest BCUT2D eigenvalue weighted by molar-refractivity contribution is -0.138. The molecule has 2 aliphatic heterocycles. The summed E-state index contributed by atoms with van der Waals surface area (Å²) in [7, 11) is 0. The number of carbonyl (C=O) groups is 1. The van der Waals surface area contributed by atoms with Gasteiger partial charge in [0.05, 0.1) is 18.5 Å². The van der Waals surface area contributed by atoms with Crippen LogP contribution in [0.25, 0.3) is 0 Å². The number of hydrogen-bond acceptors (Lipinski definition) is 4. The molecule has 3 rings (SSSR count). The Morgan fingerprint density at radius 2 is 2.00 bits per heavy atom. The number of likely N-dealkylation sites (tertiary alicyclic amines) is 1. The second-order valence-electron chi connectivity index (χ2n) is 6.01. The van der Waals surface area contributed by atoms with E-state index in [4.69, 9.17) is 21.1 Å². The lowest BCUT2D eigenvalue weighted by Crippen LogP contribution is -2.46. The van der Waals surface area contributed by atoms with Crippen molar-refractivity contribution in [2.45, 2.75) is 36.2 Å². The van der Waals surface area contributed by atoms with Gasteiger partial charge in [0.2, 0.25) is 5.91 Å². The summed E-state index contributed by atoms with van der Waals surface area (Å²) in [5, 5.41) is 0.601. The number of halogens is 1. The van der Waals surface area contributed by atoms with E-state index in [0.29, 0.717) is 24.2 Å². The Hall–Kier alpha value is -0.750. The van der Waals surface area contributed by atoms with E-state index in [-0.39, 0.29) is 17.4 Å². The molecule has 0 radical (unpaired) electrons. The van der Waals surface area contributed by atoms with E-state index in [1.165, 1.54) is 0 Å². The number of thioether (sulfide) groups is 1. The Morgan fingerprint density at radius 1 is 1.30 bits per heavy atom. The number of piperidine rings is 1. The van der Waals surface area contributed by atoms with Gasteiger partial charge in [0.1, 0.15) is 0 Å². The second-order valence-corrected chi connectivity index (χ2v) is 7.86. The van der Waals surface area contributed by atoms with Crippen molar-refractivity contribution < 1.29 is 14.3 Å². The molecule has 23 heavy (non-hydrogen) atoms. The SMILES string of the molecule is CC(Sc1ccc(Cl)cc1)C(=O)N1CCCC(C2OCCO2)C1. The molecule has 4 nitrogen and oxygen atoms in total. The number of amides is 1. The van der Waals surface area contributed by atoms with E-state index in [1.807, 2.05) is 36.1 Å². The first-order valence-electron chi connectivity index (χ1n) is 8.07. The van der Waals surface area contributed by atoms with Crippen molar-refractivity contribution in [3.05, 3.63) is 29.3 Å². The molecule has 1 aromatic carbocycles. The van der Waals surface area contributed by atoms with Gasteiger partial charge >= 0.3 is 0 Å². The number of hydrogen-bond donors (Lipinski definition) is 0. The van der Waals surface area contributed by atoms with Gasteiger partial charge in [-0.3, -0.25) is 4.79 Å². The third-order valence-electron chi connectivity index (χ3n) is 4.28. The van der Waals surface area contributed by atoms with Crippen molar-refractivity contribution in [2.24, 2.45) is 5.92 Å². The molecule has 0 N–H and O–H groups in total. The monoisotopic (exact) mass is 355 g/mol. The number of nitrogens with zero attached hydrogens (tertiary/aromatic N) is 1. The largest absolute Gasteiger partial charge is 0.350 e. The van der Waals surface area contributed by atoms with Gasteiger partial charge < -0.3 is 14.4 Å². The zero-order valence-corrected chi connectivity index (χ0v) is 14.8. The van der Waals surface area contributed by atoms with Crippen LogP contribution < -0.4 is 0 Å². The third kappa shape index (κ3) is 4.41. The molecule has 6 heteroatoms. The summed E-state index contributed by atoms with van der Waals surface area (Å²) < 4.78 is 11.2. The van der Waals surface area contributed by atoms with E-state index in [1.54, 1.807) is 11.8 Å². The summed E-state index contributed by atoms with van der Waals surface area (Å²) in [4.78, 5) is 15.8. The Bertz CT molecular complexity index is 533. The van der Waals surface area contributed by atoms with Crippen molar-refractivity contribution in [3.8, 4) is 0 Å². The summed E-state index contributed by atoms with van der Waals surface area (Å²) in [6.07, 6.45) is 1.94. The second kappa shape index (κ2) is 7.88. The van der Waals surface area contributed by atoms with Gasteiger partial charge in [-0.1, -0.05) is 11.6 Å². The predicted octanol–water partition coefficient (Wildman–Crippen LogP) is 3.43. The molecule has 0 aromatic heterocycles. The van der Waals surface area contributed by atoms with Crippen LogP contribution in [0.1, 0.15) is 19.8 Å². The molecular formula is C17H22ClNO3S. The van der Waals surface area contributed by atoms with Gasteiger partial charge in [-0.25, -0.2) is 0 Å². The molecule has 1 aromatic rings. The molecule has 2 heterocycles. The van der Waals surface area contributed by atoms with E-state index in [2.05, 4.69) is 0 Å². The van der Waals surface area contributed by atoms with Gasteiger partial charge in [0.25, 0.3) is 0 Å². The molecule has 2 atom stereocenters. The highest BCUT2D eigenvalue weighted by Crippen LogP contribution is 2.29. The standard InChI is InChI=1S/C17H22ClNO3S/c1-12(23-15-6-4-14(18)5-7-15)16(20)19-8-2-3-13(11-19)17-21-9-10-22-17/h4-7,12-13,17H,2-3,8-11H2,1H3. The summed E-state index contributed by atoms with van der Waals surface area (Å²) in [5.41, 5.74) is 0. The molecule has 2 aliphatic rings. The lowest BCUT2D eigenvalue weighted by Gasteiger charge is -2.35. The van der Waals surface area contributed by atoms with Crippen molar-refractivity contribution in [3.63, 3.8) is 0 Å². The van der Waals surface area contributed by atoms with Crippen LogP contribution in [-0.4, -0.2) is 48.7 Å². The molecule has 2 saturated heterocycles. The van der Waals surface area contributed by atoms with Crippen LogP contribution in [0.15, 0.2) is 29.2 Å². The smallest absolute Gasteiger partial charge is 0.235 e. The van der Waals surface area contributed by atoms with E-state index >= 15 is 0 Å². The maximum Gasteiger partial charge on any atom is 0.235 e. The zero-order chi connectivity index (χ0) is 16.2. The first-order chi connectivity index (χ1) is 11.1. The first kappa shape index (κ1) is 17.1. The Kier molecular flexibility index (Phi) is 5.85. The maximum absolute atomic E-state index is 12.7. The van der Waals surface area contributed by atoms with Gasteiger partial charge in [-0.05, 0) is 44.0 Å². The molecule has 1 amide bonds. The van der Waals surface area contributed by atoms with Crippen LogP contribution in [0.5, 0.6) is 0 Å². The average molecular weight is 356 g/mol. The molecule has 126 valence electrons. The van der Waals surface area contributed by atoms with Gasteiger partial charge in [-0.2, -0.15) is 0 Å². The Labute approximate surface area is 146 Å². The van der Waals surface area contributed by atoms with Gasteiger partial charge in [-0.15, -0.1) is 11.8 Å². The fourth-order valence-electron chi connectivity index (χ4n) is 3.11. The van der Waals surface area contributed by atoms with Crippen LogP contribution in [0, 0.1) is 5.92 Å². The molecule has 0 spiro atoms. The minimum Gasteiger partial charge on any atom is -0.350 e.